The summed E-state index contributed by atoms with van der Waals surface area (Å²) in [6.07, 6.45) is 7.00. The Morgan fingerprint density at radius 1 is 1.23 bits per heavy atom. The fourth-order valence-electron chi connectivity index (χ4n) is 5.68. The first-order valence-electron chi connectivity index (χ1n) is 14.2. The van der Waals surface area contributed by atoms with E-state index in [0.717, 1.165) is 55.2 Å². The van der Waals surface area contributed by atoms with E-state index < -0.39 is 21.8 Å². The van der Waals surface area contributed by atoms with Gasteiger partial charge in [0.05, 0.1) is 30.3 Å². The minimum absolute atomic E-state index is 0.220. The Hall–Kier alpha value is -3.74. The highest BCUT2D eigenvalue weighted by molar-refractivity contribution is 7.88. The SMILES string of the molecule is Cc1ccc(C2(C)Oc3cccc(C4CCN(Cc5ncc(/C=C/C(=O)O)n5CCN(C)S(C)(=O)=O)CC4)c3O2)c(F)c1. The Labute approximate surface area is 251 Å². The number of aryl methyl sites for hydroxylation is 1. The van der Waals surface area contributed by atoms with Crippen molar-refractivity contribution in [3.05, 3.63) is 82.7 Å². The molecule has 1 aromatic heterocycles. The number of imidazole rings is 1. The Morgan fingerprint density at radius 2 is 1.98 bits per heavy atom. The lowest BCUT2D eigenvalue weighted by Gasteiger charge is -2.32. The lowest BCUT2D eigenvalue weighted by molar-refractivity contribution is -0.131. The largest absolute Gasteiger partial charge is 0.478 e. The second-order valence-electron chi connectivity index (χ2n) is 11.4. The van der Waals surface area contributed by atoms with Crippen molar-refractivity contribution in [3.8, 4) is 11.5 Å². The predicted molar refractivity (Wildman–Crippen MR) is 160 cm³/mol. The van der Waals surface area contributed by atoms with Gasteiger partial charge in [0.15, 0.2) is 11.5 Å². The summed E-state index contributed by atoms with van der Waals surface area (Å²) in [7, 11) is -1.85. The molecular weight excluding hydrogens is 575 g/mol. The molecule has 1 fully saturated rings. The molecule has 12 heteroatoms. The third-order valence-corrected chi connectivity index (χ3v) is 9.50. The number of piperidine rings is 1. The van der Waals surface area contributed by atoms with E-state index in [9.17, 15) is 17.6 Å². The molecule has 0 saturated carbocycles. The third kappa shape index (κ3) is 6.76. The molecule has 3 aromatic rings. The van der Waals surface area contributed by atoms with Gasteiger partial charge in [-0.3, -0.25) is 4.90 Å². The number of carboxylic acids is 1. The van der Waals surface area contributed by atoms with Gasteiger partial charge in [0.1, 0.15) is 11.6 Å². The van der Waals surface area contributed by atoms with Gasteiger partial charge in [-0.05, 0) is 68.6 Å². The summed E-state index contributed by atoms with van der Waals surface area (Å²) in [5.74, 6) is -0.486. The molecule has 3 heterocycles. The number of fused-ring (bicyclic) bond motifs is 1. The fraction of sp³-hybridized carbons (Fsp3) is 0.419. The van der Waals surface area contributed by atoms with Crippen molar-refractivity contribution >= 4 is 22.1 Å². The summed E-state index contributed by atoms with van der Waals surface area (Å²) < 4.78 is 54.3. The molecule has 0 radical (unpaired) electrons. The molecule has 0 bridgehead atoms. The molecule has 1 unspecified atom stereocenters. The van der Waals surface area contributed by atoms with Crippen LogP contribution in [0.3, 0.4) is 0 Å². The molecule has 1 atom stereocenters. The average Bonchev–Trinajstić information content (AvgIpc) is 3.49. The van der Waals surface area contributed by atoms with Crippen molar-refractivity contribution in [1.82, 2.24) is 18.8 Å². The maximum atomic E-state index is 14.9. The minimum atomic E-state index is -3.36. The van der Waals surface area contributed by atoms with E-state index in [1.54, 1.807) is 19.2 Å². The Bertz CT molecular complexity index is 1650. The maximum Gasteiger partial charge on any atom is 0.328 e. The number of likely N-dealkylation sites (tertiary alicyclic amines) is 1. The van der Waals surface area contributed by atoms with Crippen LogP contribution in [0.25, 0.3) is 6.08 Å². The summed E-state index contributed by atoms with van der Waals surface area (Å²) in [4.78, 5) is 17.9. The molecule has 0 spiro atoms. The second kappa shape index (κ2) is 12.1. The maximum absolute atomic E-state index is 14.9. The first-order valence-corrected chi connectivity index (χ1v) is 16.1. The van der Waals surface area contributed by atoms with E-state index in [-0.39, 0.29) is 18.3 Å². The lowest BCUT2D eigenvalue weighted by atomic mass is 9.88. The van der Waals surface area contributed by atoms with Crippen LogP contribution >= 0.6 is 0 Å². The van der Waals surface area contributed by atoms with Crippen LogP contribution in [0.4, 0.5) is 4.39 Å². The predicted octanol–water partition coefficient (Wildman–Crippen LogP) is 4.34. The van der Waals surface area contributed by atoms with Crippen LogP contribution in [0, 0.1) is 12.7 Å². The number of carboxylic acid groups (broad SMARTS) is 1. The van der Waals surface area contributed by atoms with E-state index in [1.165, 1.54) is 23.5 Å². The van der Waals surface area contributed by atoms with Crippen molar-refractivity contribution < 1.29 is 32.2 Å². The summed E-state index contributed by atoms with van der Waals surface area (Å²) in [5.41, 5.74) is 2.81. The number of ether oxygens (including phenoxy) is 2. The highest BCUT2D eigenvalue weighted by atomic mass is 32.2. The number of sulfonamides is 1. The zero-order valence-corrected chi connectivity index (χ0v) is 25.6. The smallest absolute Gasteiger partial charge is 0.328 e. The van der Waals surface area contributed by atoms with E-state index in [4.69, 9.17) is 14.6 Å². The van der Waals surface area contributed by atoms with E-state index in [1.807, 2.05) is 35.8 Å². The summed E-state index contributed by atoms with van der Waals surface area (Å²) >= 11 is 0. The quantitative estimate of drug-likeness (QED) is 0.337. The molecule has 10 nitrogen and oxygen atoms in total. The number of rotatable bonds is 10. The van der Waals surface area contributed by atoms with E-state index >= 15 is 0 Å². The molecule has 1 N–H and O–H groups in total. The van der Waals surface area contributed by atoms with E-state index in [2.05, 4.69) is 9.88 Å². The lowest BCUT2D eigenvalue weighted by Crippen LogP contribution is -2.34. The van der Waals surface area contributed by atoms with Gasteiger partial charge in [-0.2, -0.15) is 0 Å². The number of nitrogens with zero attached hydrogens (tertiary/aromatic N) is 4. The Balaban J connectivity index is 1.28. The number of carbonyl (C=O) groups is 1. The van der Waals surface area contributed by atoms with Crippen LogP contribution in [-0.4, -0.2) is 71.2 Å². The number of likely N-dealkylation sites (N-methyl/N-ethyl adjacent to an activating group) is 1. The number of hydrogen-bond donors (Lipinski definition) is 1. The highest BCUT2D eigenvalue weighted by Gasteiger charge is 2.42. The van der Waals surface area contributed by atoms with Gasteiger partial charge in [-0.1, -0.05) is 18.2 Å². The molecule has 5 rings (SSSR count). The Kier molecular flexibility index (Phi) is 8.64. The summed E-state index contributed by atoms with van der Waals surface area (Å²) in [5, 5.41) is 9.10. The van der Waals surface area contributed by atoms with Crippen LogP contribution < -0.4 is 9.47 Å². The molecule has 2 aliphatic rings. The van der Waals surface area contributed by atoms with Gasteiger partial charge in [0.25, 0.3) is 5.79 Å². The number of benzene rings is 2. The summed E-state index contributed by atoms with van der Waals surface area (Å²) in [6.45, 7) is 6.25. The monoisotopic (exact) mass is 612 g/mol. The van der Waals surface area contributed by atoms with Gasteiger partial charge in [-0.15, -0.1) is 0 Å². The van der Waals surface area contributed by atoms with Crippen LogP contribution in [-0.2, 0) is 33.7 Å². The summed E-state index contributed by atoms with van der Waals surface area (Å²) in [6, 6.07) is 10.9. The van der Waals surface area contributed by atoms with Crippen molar-refractivity contribution in [2.75, 3.05) is 32.9 Å². The first-order chi connectivity index (χ1) is 20.3. The van der Waals surface area contributed by atoms with Crippen LogP contribution in [0.15, 0.2) is 48.7 Å². The van der Waals surface area contributed by atoms with Crippen LogP contribution in [0.5, 0.6) is 11.5 Å². The number of para-hydroxylation sites is 1. The van der Waals surface area contributed by atoms with Gasteiger partial charge in [-0.25, -0.2) is 26.9 Å². The van der Waals surface area contributed by atoms with Crippen molar-refractivity contribution in [2.45, 2.75) is 51.5 Å². The molecule has 43 heavy (non-hydrogen) atoms. The number of aliphatic carboxylic acids is 1. The molecule has 230 valence electrons. The molecular formula is C31H37FN4O6S. The Morgan fingerprint density at radius 3 is 2.65 bits per heavy atom. The third-order valence-electron chi connectivity index (χ3n) is 8.19. The van der Waals surface area contributed by atoms with Crippen molar-refractivity contribution in [1.29, 1.82) is 0 Å². The van der Waals surface area contributed by atoms with Gasteiger partial charge < -0.3 is 19.1 Å². The van der Waals surface area contributed by atoms with Crippen molar-refractivity contribution in [3.63, 3.8) is 0 Å². The average molecular weight is 613 g/mol. The number of aromatic nitrogens is 2. The molecule has 2 aromatic carbocycles. The standard InChI is InChI=1S/C31H37FN4O6S/c1-21-8-10-25(26(32)18-21)31(2)41-27-7-5-6-24(30(27)42-31)22-12-14-35(15-13-22)20-28-33-19-23(9-11-29(37)38)36(28)17-16-34(3)43(4,39)40/h5-11,18-19,22H,12-17,20H2,1-4H3,(H,37,38)/b11-9+. The zero-order chi connectivity index (χ0) is 30.9. The van der Waals surface area contributed by atoms with Gasteiger partial charge >= 0.3 is 5.97 Å². The van der Waals surface area contributed by atoms with Crippen molar-refractivity contribution in [2.24, 2.45) is 0 Å². The van der Waals surface area contributed by atoms with Crippen LogP contribution in [0.2, 0.25) is 0 Å². The minimum Gasteiger partial charge on any atom is -0.478 e. The van der Waals surface area contributed by atoms with Gasteiger partial charge in [0.2, 0.25) is 10.0 Å². The van der Waals surface area contributed by atoms with Gasteiger partial charge in [0, 0.05) is 38.7 Å². The van der Waals surface area contributed by atoms with E-state index in [0.29, 0.717) is 35.8 Å². The topological polar surface area (TPSA) is 114 Å². The molecule has 2 aliphatic heterocycles. The molecule has 0 amide bonds. The second-order valence-corrected chi connectivity index (χ2v) is 13.5. The first kappa shape index (κ1) is 30.7. The number of halogens is 1. The molecule has 1 saturated heterocycles. The number of hydrogen-bond acceptors (Lipinski definition) is 7. The zero-order valence-electron chi connectivity index (χ0n) is 24.8. The van der Waals surface area contributed by atoms with Crippen LogP contribution in [0.1, 0.15) is 53.9 Å². The fourth-order valence-corrected chi connectivity index (χ4v) is 6.09. The molecule has 0 aliphatic carbocycles. The normalized spacial score (nSPS) is 19.5. The highest BCUT2D eigenvalue weighted by Crippen LogP contribution is 2.49.